The molecule has 0 bridgehead atoms. The molecule has 1 heterocycles. The van der Waals surface area contributed by atoms with Crippen molar-refractivity contribution in [3.05, 3.63) is 22.4 Å². The van der Waals surface area contributed by atoms with Gasteiger partial charge in [0.15, 0.2) is 5.96 Å². The summed E-state index contributed by atoms with van der Waals surface area (Å²) in [5.41, 5.74) is 5.84. The molecule has 1 aliphatic rings. The minimum Gasteiger partial charge on any atom is -0.370 e. The topological polar surface area (TPSA) is 53.6 Å². The highest BCUT2D eigenvalue weighted by Gasteiger charge is 2.21. The first-order valence-corrected chi connectivity index (χ1v) is 6.81. The van der Waals surface area contributed by atoms with E-state index >= 15 is 0 Å². The van der Waals surface area contributed by atoms with E-state index in [0.29, 0.717) is 24.6 Å². The summed E-state index contributed by atoms with van der Waals surface area (Å²) in [4.78, 5) is 7.94. The highest BCUT2D eigenvalue weighted by molar-refractivity contribution is 14.0. The molecule has 1 aliphatic carbocycles. The maximum absolute atomic E-state index is 5.84. The fraction of sp³-hybridized carbons (Fsp3) is 0.583. The van der Waals surface area contributed by atoms with Gasteiger partial charge in [0.05, 0.1) is 12.6 Å². The summed E-state index contributed by atoms with van der Waals surface area (Å²) in [5.74, 6) is 0.580. The number of nitrogens with one attached hydrogen (secondary N) is 1. The number of halogens is 1. The summed E-state index contributed by atoms with van der Waals surface area (Å²) >= 11 is 1.77. The van der Waals surface area contributed by atoms with E-state index in [0.717, 1.165) is 0 Å². The molecular weight excluding hydrogens is 359 g/mol. The van der Waals surface area contributed by atoms with Crippen LogP contribution in [0.5, 0.6) is 0 Å². The lowest BCUT2D eigenvalue weighted by Crippen LogP contribution is -2.34. The van der Waals surface area contributed by atoms with Gasteiger partial charge >= 0.3 is 0 Å². The maximum Gasteiger partial charge on any atom is 0.188 e. The van der Waals surface area contributed by atoms with Gasteiger partial charge in [0.25, 0.3) is 0 Å². The van der Waals surface area contributed by atoms with Crippen LogP contribution in [-0.2, 0) is 0 Å². The van der Waals surface area contributed by atoms with E-state index in [1.165, 1.54) is 17.7 Å². The van der Waals surface area contributed by atoms with Crippen LogP contribution in [0.15, 0.2) is 22.5 Å². The van der Waals surface area contributed by atoms with Crippen LogP contribution in [0.25, 0.3) is 0 Å². The number of aliphatic imine (C=N–C) groups is 1. The van der Waals surface area contributed by atoms with Gasteiger partial charge in [0.1, 0.15) is 0 Å². The van der Waals surface area contributed by atoms with Crippen LogP contribution < -0.4 is 11.1 Å². The molecule has 1 atom stereocenters. The Morgan fingerprint density at radius 2 is 2.33 bits per heavy atom. The molecular formula is C12H21IN4S. The molecule has 6 heteroatoms. The molecule has 4 nitrogen and oxygen atoms in total. The minimum absolute atomic E-state index is 0. The molecule has 2 rings (SSSR count). The van der Waals surface area contributed by atoms with Gasteiger partial charge in [-0.1, -0.05) is 6.07 Å². The molecule has 0 radical (unpaired) electrons. The number of hydrogen-bond donors (Lipinski definition) is 2. The average Bonchev–Trinajstić information content (AvgIpc) is 2.92. The van der Waals surface area contributed by atoms with Crippen molar-refractivity contribution in [3.8, 4) is 0 Å². The van der Waals surface area contributed by atoms with E-state index in [1.807, 2.05) is 0 Å². The fourth-order valence-corrected chi connectivity index (χ4v) is 2.57. The lowest BCUT2D eigenvalue weighted by atomic mass is 10.2. The highest BCUT2D eigenvalue weighted by atomic mass is 127. The van der Waals surface area contributed by atoms with Gasteiger partial charge in [0.2, 0.25) is 0 Å². The summed E-state index contributed by atoms with van der Waals surface area (Å²) < 4.78 is 0. The largest absolute Gasteiger partial charge is 0.370 e. The number of thiophene rings is 1. The Kier molecular flexibility index (Phi) is 6.37. The monoisotopic (exact) mass is 380 g/mol. The SMILES string of the molecule is CN(C)C(CN=C(N)NC1CC1)c1cccs1.I. The van der Waals surface area contributed by atoms with Gasteiger partial charge in [-0.15, -0.1) is 35.3 Å². The number of likely N-dealkylation sites (N-methyl/N-ethyl adjacent to an activating group) is 1. The molecule has 18 heavy (non-hydrogen) atoms. The van der Waals surface area contributed by atoms with Crippen LogP contribution in [0, 0.1) is 0 Å². The highest BCUT2D eigenvalue weighted by Crippen LogP contribution is 2.23. The van der Waals surface area contributed by atoms with Crippen molar-refractivity contribution >= 4 is 41.3 Å². The Balaban J connectivity index is 0.00000162. The van der Waals surface area contributed by atoms with E-state index in [9.17, 15) is 0 Å². The van der Waals surface area contributed by atoms with Crippen molar-refractivity contribution in [3.63, 3.8) is 0 Å². The van der Waals surface area contributed by atoms with Crippen molar-refractivity contribution in [2.75, 3.05) is 20.6 Å². The van der Waals surface area contributed by atoms with Crippen molar-refractivity contribution in [1.82, 2.24) is 10.2 Å². The molecule has 0 aliphatic heterocycles. The van der Waals surface area contributed by atoms with Crippen molar-refractivity contribution in [2.24, 2.45) is 10.7 Å². The maximum atomic E-state index is 5.84. The number of hydrogen-bond acceptors (Lipinski definition) is 3. The smallest absolute Gasteiger partial charge is 0.188 e. The third-order valence-corrected chi connectivity index (χ3v) is 3.83. The Labute approximate surface area is 130 Å². The molecule has 1 aromatic heterocycles. The molecule has 3 N–H and O–H groups in total. The van der Waals surface area contributed by atoms with Gasteiger partial charge < -0.3 is 16.0 Å². The van der Waals surface area contributed by atoms with Crippen LogP contribution in [0.4, 0.5) is 0 Å². The summed E-state index contributed by atoms with van der Waals surface area (Å²) in [6.07, 6.45) is 2.44. The van der Waals surface area contributed by atoms with E-state index in [2.05, 4.69) is 46.8 Å². The van der Waals surface area contributed by atoms with E-state index in [-0.39, 0.29) is 24.0 Å². The molecule has 0 saturated heterocycles. The Morgan fingerprint density at radius 1 is 1.61 bits per heavy atom. The van der Waals surface area contributed by atoms with Crippen molar-refractivity contribution in [1.29, 1.82) is 0 Å². The van der Waals surface area contributed by atoms with Crippen LogP contribution in [-0.4, -0.2) is 37.5 Å². The molecule has 102 valence electrons. The van der Waals surface area contributed by atoms with E-state index in [1.54, 1.807) is 11.3 Å². The van der Waals surface area contributed by atoms with Gasteiger partial charge in [-0.25, -0.2) is 0 Å². The molecule has 1 aromatic rings. The average molecular weight is 380 g/mol. The number of guanidine groups is 1. The van der Waals surface area contributed by atoms with Crippen LogP contribution >= 0.6 is 35.3 Å². The summed E-state index contributed by atoms with van der Waals surface area (Å²) in [7, 11) is 4.15. The molecule has 1 unspecified atom stereocenters. The third kappa shape index (κ3) is 4.74. The normalized spacial score (nSPS) is 17.4. The lowest BCUT2D eigenvalue weighted by Gasteiger charge is -2.21. The lowest BCUT2D eigenvalue weighted by molar-refractivity contribution is 0.310. The van der Waals surface area contributed by atoms with Crippen LogP contribution in [0.3, 0.4) is 0 Å². The molecule has 0 amide bonds. The first kappa shape index (κ1) is 15.7. The molecule has 0 aromatic carbocycles. The second kappa shape index (κ2) is 7.30. The standard InChI is InChI=1S/C12H20N4S.HI/c1-16(2)10(11-4-3-7-17-11)8-14-12(13)15-9-5-6-9;/h3-4,7,9-10H,5-6,8H2,1-2H3,(H3,13,14,15);1H. The Bertz CT molecular complexity index is 373. The molecule has 1 saturated carbocycles. The number of nitrogens with two attached hydrogens (primary N) is 1. The fourth-order valence-electron chi connectivity index (χ4n) is 1.66. The van der Waals surface area contributed by atoms with E-state index in [4.69, 9.17) is 5.73 Å². The van der Waals surface area contributed by atoms with Gasteiger partial charge in [-0.3, -0.25) is 4.99 Å². The van der Waals surface area contributed by atoms with Gasteiger partial charge in [-0.2, -0.15) is 0 Å². The van der Waals surface area contributed by atoms with Crippen LogP contribution in [0.2, 0.25) is 0 Å². The van der Waals surface area contributed by atoms with E-state index < -0.39 is 0 Å². The van der Waals surface area contributed by atoms with Crippen LogP contribution in [0.1, 0.15) is 23.8 Å². The minimum atomic E-state index is 0. The quantitative estimate of drug-likeness (QED) is 0.467. The molecule has 0 spiro atoms. The summed E-state index contributed by atoms with van der Waals surface area (Å²) in [6, 6.07) is 5.11. The number of nitrogens with zero attached hydrogens (tertiary/aromatic N) is 2. The Morgan fingerprint density at radius 3 is 2.83 bits per heavy atom. The summed E-state index contributed by atoms with van der Waals surface area (Å²) in [6.45, 7) is 0.707. The molecule has 1 fully saturated rings. The first-order valence-electron chi connectivity index (χ1n) is 5.93. The van der Waals surface area contributed by atoms with Crippen molar-refractivity contribution < 1.29 is 0 Å². The zero-order chi connectivity index (χ0) is 12.3. The first-order chi connectivity index (χ1) is 8.16. The van der Waals surface area contributed by atoms with Gasteiger partial charge in [0, 0.05) is 10.9 Å². The zero-order valence-electron chi connectivity index (χ0n) is 10.8. The predicted molar refractivity (Wildman–Crippen MR) is 88.8 cm³/mol. The second-order valence-corrected chi connectivity index (χ2v) is 5.62. The van der Waals surface area contributed by atoms with Crippen molar-refractivity contribution in [2.45, 2.75) is 24.9 Å². The third-order valence-electron chi connectivity index (χ3n) is 2.86. The predicted octanol–water partition coefficient (Wildman–Crippen LogP) is 2.04. The second-order valence-electron chi connectivity index (χ2n) is 4.64. The summed E-state index contributed by atoms with van der Waals surface area (Å²) in [5, 5.41) is 5.30. The number of rotatable bonds is 5. The Hall–Kier alpha value is -0.340. The van der Waals surface area contributed by atoms with Gasteiger partial charge in [-0.05, 0) is 38.4 Å². The zero-order valence-corrected chi connectivity index (χ0v) is 13.9.